The molecule has 0 radical (unpaired) electrons. The van der Waals surface area contributed by atoms with Gasteiger partial charge in [-0.1, -0.05) is 78.7 Å². The summed E-state index contributed by atoms with van der Waals surface area (Å²) in [6, 6.07) is 20.3. The normalized spacial score (nSPS) is 12.0. The standard InChI is InChI=1S/C28H31Cl2N3O4S/c1-4-20-13-15-22(16-14-20)33(38(3,36)37)19-27(34)32(18-23-24(29)11-8-12-25(23)30)26(28(35)31-2)17-21-9-6-5-7-10-21/h5-16,26H,4,17-19H2,1-3H3,(H,31,35). The van der Waals surface area contributed by atoms with Crippen LogP contribution in [-0.4, -0.2) is 51.0 Å². The summed E-state index contributed by atoms with van der Waals surface area (Å²) < 4.78 is 26.6. The summed E-state index contributed by atoms with van der Waals surface area (Å²) in [4.78, 5) is 28.4. The maximum atomic E-state index is 13.9. The van der Waals surface area contributed by atoms with Gasteiger partial charge in [-0.2, -0.15) is 0 Å². The number of hydrogen-bond donors (Lipinski definition) is 1. The highest BCUT2D eigenvalue weighted by Gasteiger charge is 2.33. The van der Waals surface area contributed by atoms with E-state index < -0.39 is 34.4 Å². The maximum absolute atomic E-state index is 13.9. The van der Waals surface area contributed by atoms with Crippen molar-refractivity contribution in [1.82, 2.24) is 10.2 Å². The minimum Gasteiger partial charge on any atom is -0.357 e. The van der Waals surface area contributed by atoms with E-state index in [2.05, 4.69) is 5.32 Å². The van der Waals surface area contributed by atoms with Gasteiger partial charge in [-0.25, -0.2) is 8.42 Å². The van der Waals surface area contributed by atoms with Gasteiger partial charge in [-0.05, 0) is 41.8 Å². The third-order valence-corrected chi connectivity index (χ3v) is 8.07. The topological polar surface area (TPSA) is 86.8 Å². The fraction of sp³-hybridized carbons (Fsp3) is 0.286. The first-order valence-corrected chi connectivity index (χ1v) is 14.7. The summed E-state index contributed by atoms with van der Waals surface area (Å²) in [5.41, 5.74) is 2.68. The monoisotopic (exact) mass is 575 g/mol. The SMILES string of the molecule is CCc1ccc(N(CC(=O)N(Cc2c(Cl)cccc2Cl)C(Cc2ccccc2)C(=O)NC)S(C)(=O)=O)cc1. The van der Waals surface area contributed by atoms with E-state index >= 15 is 0 Å². The van der Waals surface area contributed by atoms with Crippen molar-refractivity contribution in [3.05, 3.63) is 99.5 Å². The average Bonchev–Trinajstić information content (AvgIpc) is 2.90. The second kappa shape index (κ2) is 13.1. The molecule has 0 bridgehead atoms. The third-order valence-electron chi connectivity index (χ3n) is 6.22. The zero-order chi connectivity index (χ0) is 27.9. The van der Waals surface area contributed by atoms with Gasteiger partial charge in [0, 0.05) is 35.6 Å². The molecule has 2 amide bonds. The van der Waals surface area contributed by atoms with Crippen molar-refractivity contribution < 1.29 is 18.0 Å². The molecule has 3 rings (SSSR count). The van der Waals surface area contributed by atoms with E-state index in [0.29, 0.717) is 21.3 Å². The van der Waals surface area contributed by atoms with Gasteiger partial charge in [-0.3, -0.25) is 13.9 Å². The summed E-state index contributed by atoms with van der Waals surface area (Å²) in [6.07, 6.45) is 2.04. The van der Waals surface area contributed by atoms with Gasteiger partial charge in [0.2, 0.25) is 21.8 Å². The Morgan fingerprint density at radius 1 is 0.895 bits per heavy atom. The van der Waals surface area contributed by atoms with Crippen LogP contribution in [0.1, 0.15) is 23.6 Å². The van der Waals surface area contributed by atoms with Crippen molar-refractivity contribution in [1.29, 1.82) is 0 Å². The van der Waals surface area contributed by atoms with Crippen LogP contribution in [0.4, 0.5) is 5.69 Å². The summed E-state index contributed by atoms with van der Waals surface area (Å²) >= 11 is 12.9. The van der Waals surface area contributed by atoms with Crippen LogP contribution < -0.4 is 9.62 Å². The molecule has 1 atom stereocenters. The number of benzene rings is 3. The summed E-state index contributed by atoms with van der Waals surface area (Å²) in [6.45, 7) is 1.40. The number of carbonyl (C=O) groups is 2. The number of nitrogens with zero attached hydrogens (tertiary/aromatic N) is 2. The van der Waals surface area contributed by atoms with Crippen LogP contribution in [0, 0.1) is 0 Å². The number of nitrogens with one attached hydrogen (secondary N) is 1. The number of halogens is 2. The second-order valence-electron chi connectivity index (χ2n) is 8.83. The lowest BCUT2D eigenvalue weighted by molar-refractivity contribution is -0.139. The lowest BCUT2D eigenvalue weighted by Crippen LogP contribution is -2.53. The number of likely N-dealkylation sites (N-methyl/N-ethyl adjacent to an activating group) is 1. The number of sulfonamides is 1. The molecule has 0 fully saturated rings. The highest BCUT2D eigenvalue weighted by molar-refractivity contribution is 7.92. The molecule has 10 heteroatoms. The highest BCUT2D eigenvalue weighted by atomic mass is 35.5. The lowest BCUT2D eigenvalue weighted by Gasteiger charge is -2.33. The van der Waals surface area contributed by atoms with Crippen LogP contribution in [0.2, 0.25) is 10.0 Å². The fourth-order valence-electron chi connectivity index (χ4n) is 4.09. The molecule has 0 saturated heterocycles. The molecule has 3 aromatic rings. The highest BCUT2D eigenvalue weighted by Crippen LogP contribution is 2.28. The van der Waals surface area contributed by atoms with Gasteiger partial charge in [0.15, 0.2) is 0 Å². The summed E-state index contributed by atoms with van der Waals surface area (Å²) in [5, 5.41) is 3.30. The Balaban J connectivity index is 2.06. The zero-order valence-corrected chi connectivity index (χ0v) is 23.9. The smallest absolute Gasteiger partial charge is 0.244 e. The van der Waals surface area contributed by atoms with E-state index in [-0.39, 0.29) is 13.0 Å². The Hall–Kier alpha value is -3.07. The molecule has 1 N–H and O–H groups in total. The van der Waals surface area contributed by atoms with E-state index in [0.717, 1.165) is 28.1 Å². The number of anilines is 1. The molecule has 38 heavy (non-hydrogen) atoms. The van der Waals surface area contributed by atoms with Crippen LogP contribution in [0.5, 0.6) is 0 Å². The molecule has 3 aromatic carbocycles. The molecule has 0 heterocycles. The van der Waals surface area contributed by atoms with Crippen LogP contribution in [0.15, 0.2) is 72.8 Å². The quantitative estimate of drug-likeness (QED) is 0.359. The van der Waals surface area contributed by atoms with E-state index in [1.54, 1.807) is 30.3 Å². The van der Waals surface area contributed by atoms with Crippen LogP contribution >= 0.6 is 23.2 Å². The van der Waals surface area contributed by atoms with Crippen LogP contribution in [-0.2, 0) is 39.0 Å². The first-order chi connectivity index (χ1) is 18.0. The molecule has 202 valence electrons. The lowest BCUT2D eigenvalue weighted by atomic mass is 10.0. The van der Waals surface area contributed by atoms with Gasteiger partial charge in [-0.15, -0.1) is 0 Å². The molecular weight excluding hydrogens is 545 g/mol. The van der Waals surface area contributed by atoms with Crippen molar-refractivity contribution in [3.63, 3.8) is 0 Å². The van der Waals surface area contributed by atoms with Gasteiger partial charge >= 0.3 is 0 Å². The minimum absolute atomic E-state index is 0.0887. The van der Waals surface area contributed by atoms with E-state index in [9.17, 15) is 18.0 Å². The van der Waals surface area contributed by atoms with Gasteiger partial charge in [0.05, 0.1) is 11.9 Å². The van der Waals surface area contributed by atoms with E-state index in [1.165, 1.54) is 11.9 Å². The summed E-state index contributed by atoms with van der Waals surface area (Å²) in [7, 11) is -2.34. The van der Waals surface area contributed by atoms with Crippen molar-refractivity contribution in [2.45, 2.75) is 32.4 Å². The average molecular weight is 577 g/mol. The molecular formula is C28H31Cl2N3O4S. The van der Waals surface area contributed by atoms with Crippen LogP contribution in [0.25, 0.3) is 0 Å². The first-order valence-electron chi connectivity index (χ1n) is 12.1. The largest absolute Gasteiger partial charge is 0.357 e. The Morgan fingerprint density at radius 2 is 1.50 bits per heavy atom. The van der Waals surface area contributed by atoms with Crippen molar-refractivity contribution in [2.24, 2.45) is 0 Å². The predicted molar refractivity (Wildman–Crippen MR) is 153 cm³/mol. The number of hydrogen-bond acceptors (Lipinski definition) is 4. The second-order valence-corrected chi connectivity index (χ2v) is 11.6. The van der Waals surface area contributed by atoms with Crippen molar-refractivity contribution in [3.8, 4) is 0 Å². The molecule has 0 aliphatic rings. The van der Waals surface area contributed by atoms with Gasteiger partial charge in [0.1, 0.15) is 12.6 Å². The van der Waals surface area contributed by atoms with Crippen molar-refractivity contribution >= 4 is 50.7 Å². The molecule has 0 aliphatic carbocycles. The third kappa shape index (κ3) is 7.49. The Bertz CT molecular complexity index is 1350. The number of carbonyl (C=O) groups excluding carboxylic acids is 2. The maximum Gasteiger partial charge on any atom is 0.244 e. The number of amides is 2. The van der Waals surface area contributed by atoms with Gasteiger partial charge in [0.25, 0.3) is 0 Å². The predicted octanol–water partition coefficient (Wildman–Crippen LogP) is 4.71. The number of rotatable bonds is 11. The fourth-order valence-corrected chi connectivity index (χ4v) is 5.45. The Morgan fingerprint density at radius 3 is 2.03 bits per heavy atom. The summed E-state index contributed by atoms with van der Waals surface area (Å²) in [5.74, 6) is -0.973. The zero-order valence-electron chi connectivity index (χ0n) is 21.5. The molecule has 1 unspecified atom stereocenters. The van der Waals surface area contributed by atoms with E-state index in [4.69, 9.17) is 23.2 Å². The van der Waals surface area contributed by atoms with Crippen molar-refractivity contribution in [2.75, 3.05) is 24.2 Å². The molecule has 0 spiro atoms. The molecule has 0 aromatic heterocycles. The molecule has 7 nitrogen and oxygen atoms in total. The van der Waals surface area contributed by atoms with Crippen LogP contribution in [0.3, 0.4) is 0 Å². The van der Waals surface area contributed by atoms with Gasteiger partial charge < -0.3 is 10.2 Å². The number of aryl methyl sites for hydroxylation is 1. The molecule has 0 aliphatic heterocycles. The Labute approximate surface area is 234 Å². The molecule has 0 saturated carbocycles. The Kier molecular flexibility index (Phi) is 10.2. The first kappa shape index (κ1) is 29.5. The van der Waals surface area contributed by atoms with E-state index in [1.807, 2.05) is 49.4 Å². The minimum atomic E-state index is -3.83.